The molecule has 1 unspecified atom stereocenters. The Morgan fingerprint density at radius 3 is 2.40 bits per heavy atom. The molecule has 0 N–H and O–H groups in total. The van der Waals surface area contributed by atoms with Gasteiger partial charge < -0.3 is 13.9 Å². The summed E-state index contributed by atoms with van der Waals surface area (Å²) in [6.07, 6.45) is 0. The van der Waals surface area contributed by atoms with Crippen molar-refractivity contribution in [3.05, 3.63) is 42.0 Å². The molecule has 0 saturated heterocycles. The van der Waals surface area contributed by atoms with Gasteiger partial charge in [-0.05, 0) is 35.9 Å². The molecule has 0 aliphatic rings. The van der Waals surface area contributed by atoms with Gasteiger partial charge in [0.1, 0.15) is 16.9 Å². The molecule has 0 fully saturated rings. The molecule has 0 amide bonds. The average Bonchev–Trinajstić information content (AvgIpc) is 2.84. The fourth-order valence-corrected chi connectivity index (χ4v) is 2.55. The maximum atomic E-state index is 5.86. The molecule has 0 spiro atoms. The molecule has 0 aliphatic heterocycles. The van der Waals surface area contributed by atoms with Crippen molar-refractivity contribution in [2.24, 2.45) is 0 Å². The highest BCUT2D eigenvalue weighted by Crippen LogP contribution is 2.33. The molecular weight excluding hydrogens is 252 g/mol. The fourth-order valence-electron chi connectivity index (χ4n) is 2.55. The summed E-state index contributed by atoms with van der Waals surface area (Å²) in [7, 11) is 3.41. The number of benzene rings is 2. The van der Waals surface area contributed by atoms with Crippen molar-refractivity contribution in [3.8, 4) is 5.75 Å². The Hall–Kier alpha value is -2.00. The predicted octanol–water partition coefficient (Wildman–Crippen LogP) is 4.34. The molecule has 0 radical (unpaired) electrons. The third kappa shape index (κ3) is 2.14. The van der Waals surface area contributed by atoms with Gasteiger partial charge in [0, 0.05) is 23.8 Å². The van der Waals surface area contributed by atoms with Crippen LogP contribution in [-0.2, 0) is 4.74 Å². The Morgan fingerprint density at radius 2 is 1.70 bits per heavy atom. The Kier molecular flexibility index (Phi) is 3.36. The van der Waals surface area contributed by atoms with Crippen LogP contribution in [0.4, 0.5) is 0 Å². The standard InChI is InChI=1S/C17H18O3/c1-11(10-18-2)12-4-6-16-14(8-12)15-9-13(19-3)5-7-17(15)20-16/h4-9,11H,10H2,1-3H3. The summed E-state index contributed by atoms with van der Waals surface area (Å²) in [5.41, 5.74) is 3.05. The van der Waals surface area contributed by atoms with Gasteiger partial charge in [-0.15, -0.1) is 0 Å². The third-order valence-electron chi connectivity index (χ3n) is 3.69. The van der Waals surface area contributed by atoms with E-state index in [1.54, 1.807) is 14.2 Å². The van der Waals surface area contributed by atoms with Crippen molar-refractivity contribution in [2.75, 3.05) is 20.8 Å². The van der Waals surface area contributed by atoms with Gasteiger partial charge in [-0.2, -0.15) is 0 Å². The number of furan rings is 1. The lowest BCUT2D eigenvalue weighted by molar-refractivity contribution is 0.184. The van der Waals surface area contributed by atoms with Gasteiger partial charge in [-0.1, -0.05) is 13.0 Å². The first kappa shape index (κ1) is 13.0. The molecule has 1 atom stereocenters. The Morgan fingerprint density at radius 1 is 1.00 bits per heavy atom. The molecular formula is C17H18O3. The van der Waals surface area contributed by atoms with E-state index < -0.39 is 0 Å². The van der Waals surface area contributed by atoms with Gasteiger partial charge in [-0.25, -0.2) is 0 Å². The molecule has 0 aliphatic carbocycles. The summed E-state index contributed by atoms with van der Waals surface area (Å²) in [5.74, 6) is 1.20. The van der Waals surface area contributed by atoms with Crippen molar-refractivity contribution >= 4 is 21.9 Å². The van der Waals surface area contributed by atoms with E-state index in [-0.39, 0.29) is 0 Å². The van der Waals surface area contributed by atoms with Crippen molar-refractivity contribution in [3.63, 3.8) is 0 Å². The third-order valence-corrected chi connectivity index (χ3v) is 3.69. The topological polar surface area (TPSA) is 31.6 Å². The summed E-state index contributed by atoms with van der Waals surface area (Å²) in [5, 5.41) is 2.21. The maximum Gasteiger partial charge on any atom is 0.135 e. The number of methoxy groups -OCH3 is 2. The minimum atomic E-state index is 0.361. The van der Waals surface area contributed by atoms with Crippen molar-refractivity contribution in [2.45, 2.75) is 12.8 Å². The van der Waals surface area contributed by atoms with E-state index in [0.717, 1.165) is 27.7 Å². The second-order valence-electron chi connectivity index (χ2n) is 5.08. The molecule has 0 saturated carbocycles. The summed E-state index contributed by atoms with van der Waals surface area (Å²) in [6.45, 7) is 2.87. The van der Waals surface area contributed by atoms with Crippen LogP contribution in [0.2, 0.25) is 0 Å². The van der Waals surface area contributed by atoms with Crippen LogP contribution in [0.5, 0.6) is 5.75 Å². The Balaban J connectivity index is 2.18. The second-order valence-corrected chi connectivity index (χ2v) is 5.08. The number of fused-ring (bicyclic) bond motifs is 3. The number of ether oxygens (including phenoxy) is 2. The quantitative estimate of drug-likeness (QED) is 0.706. The second kappa shape index (κ2) is 5.17. The number of rotatable bonds is 4. The highest BCUT2D eigenvalue weighted by atomic mass is 16.5. The minimum Gasteiger partial charge on any atom is -0.497 e. The van der Waals surface area contributed by atoms with E-state index in [9.17, 15) is 0 Å². The molecule has 1 aromatic heterocycles. The van der Waals surface area contributed by atoms with E-state index in [1.165, 1.54) is 5.56 Å². The van der Waals surface area contributed by atoms with Crippen LogP contribution in [0.1, 0.15) is 18.4 Å². The zero-order valence-electron chi connectivity index (χ0n) is 12.0. The number of hydrogen-bond acceptors (Lipinski definition) is 3. The molecule has 20 heavy (non-hydrogen) atoms. The first-order valence-corrected chi connectivity index (χ1v) is 6.72. The summed E-state index contributed by atoms with van der Waals surface area (Å²) in [4.78, 5) is 0. The van der Waals surface area contributed by atoms with Crippen LogP contribution in [0.3, 0.4) is 0 Å². The SMILES string of the molecule is COCC(C)c1ccc2oc3ccc(OC)cc3c2c1. The fraction of sp³-hybridized carbons (Fsp3) is 0.294. The monoisotopic (exact) mass is 270 g/mol. The normalized spacial score (nSPS) is 12.9. The lowest BCUT2D eigenvalue weighted by atomic mass is 10.00. The molecule has 3 heteroatoms. The zero-order valence-corrected chi connectivity index (χ0v) is 12.0. The van der Waals surface area contributed by atoms with Crippen LogP contribution in [-0.4, -0.2) is 20.8 Å². The van der Waals surface area contributed by atoms with E-state index in [0.29, 0.717) is 12.5 Å². The van der Waals surface area contributed by atoms with Crippen molar-refractivity contribution < 1.29 is 13.9 Å². The molecule has 2 aromatic carbocycles. The maximum absolute atomic E-state index is 5.86. The minimum absolute atomic E-state index is 0.361. The summed E-state index contributed by atoms with van der Waals surface area (Å²) >= 11 is 0. The lowest BCUT2D eigenvalue weighted by Gasteiger charge is -2.10. The average molecular weight is 270 g/mol. The predicted molar refractivity (Wildman–Crippen MR) is 80.6 cm³/mol. The van der Waals surface area contributed by atoms with Gasteiger partial charge in [-0.3, -0.25) is 0 Å². The van der Waals surface area contributed by atoms with Crippen molar-refractivity contribution in [1.82, 2.24) is 0 Å². The van der Waals surface area contributed by atoms with Gasteiger partial charge in [0.05, 0.1) is 13.7 Å². The van der Waals surface area contributed by atoms with Gasteiger partial charge in [0.15, 0.2) is 0 Å². The highest BCUT2D eigenvalue weighted by molar-refractivity contribution is 6.05. The van der Waals surface area contributed by atoms with Crippen molar-refractivity contribution in [1.29, 1.82) is 0 Å². The first-order chi connectivity index (χ1) is 9.72. The molecule has 3 nitrogen and oxygen atoms in total. The summed E-state index contributed by atoms with van der Waals surface area (Å²) < 4.78 is 16.4. The molecule has 0 bridgehead atoms. The Bertz CT molecular complexity index is 742. The molecule has 3 aromatic rings. The highest BCUT2D eigenvalue weighted by Gasteiger charge is 2.11. The van der Waals surface area contributed by atoms with Gasteiger partial charge in [0.25, 0.3) is 0 Å². The van der Waals surface area contributed by atoms with E-state index in [1.807, 2.05) is 24.3 Å². The van der Waals surface area contributed by atoms with Gasteiger partial charge >= 0.3 is 0 Å². The van der Waals surface area contributed by atoms with Crippen LogP contribution in [0.25, 0.3) is 21.9 Å². The van der Waals surface area contributed by atoms with Gasteiger partial charge in [0.2, 0.25) is 0 Å². The summed E-state index contributed by atoms with van der Waals surface area (Å²) in [6, 6.07) is 12.2. The molecule has 1 heterocycles. The zero-order chi connectivity index (χ0) is 14.1. The largest absolute Gasteiger partial charge is 0.497 e. The lowest BCUT2D eigenvalue weighted by Crippen LogP contribution is -2.01. The van der Waals surface area contributed by atoms with Crippen LogP contribution < -0.4 is 4.74 Å². The van der Waals surface area contributed by atoms with E-state index >= 15 is 0 Å². The van der Waals surface area contributed by atoms with Crippen LogP contribution >= 0.6 is 0 Å². The van der Waals surface area contributed by atoms with E-state index in [4.69, 9.17) is 13.9 Å². The molecule has 3 rings (SSSR count). The smallest absolute Gasteiger partial charge is 0.135 e. The molecule has 104 valence electrons. The van der Waals surface area contributed by atoms with E-state index in [2.05, 4.69) is 19.1 Å². The Labute approximate surface area is 118 Å². The first-order valence-electron chi connectivity index (χ1n) is 6.72. The number of hydrogen-bond donors (Lipinski definition) is 0. The van der Waals surface area contributed by atoms with Crippen LogP contribution in [0.15, 0.2) is 40.8 Å². The van der Waals surface area contributed by atoms with Crippen LogP contribution in [0, 0.1) is 0 Å².